The number of rotatable bonds is 2. The van der Waals surface area contributed by atoms with Crippen LogP contribution < -0.4 is 4.73 Å². The van der Waals surface area contributed by atoms with Crippen molar-refractivity contribution in [1.29, 1.82) is 0 Å². The van der Waals surface area contributed by atoms with Crippen LogP contribution in [-0.4, -0.2) is 17.7 Å². The lowest BCUT2D eigenvalue weighted by Crippen LogP contribution is -2.39. The van der Waals surface area contributed by atoms with Gasteiger partial charge in [-0.1, -0.05) is 5.16 Å². The first-order valence-electron chi connectivity index (χ1n) is 5.54. The number of alkyl halides is 3. The summed E-state index contributed by atoms with van der Waals surface area (Å²) in [6.45, 7) is 2.64. The number of fused-ring (bicyclic) bond motifs is 1. The van der Waals surface area contributed by atoms with Gasteiger partial charge < -0.3 is 14.5 Å². The van der Waals surface area contributed by atoms with E-state index in [-0.39, 0.29) is 28.1 Å². The third-order valence-electron chi connectivity index (χ3n) is 2.57. The Hall–Kier alpha value is -2.32. The second-order valence-corrected chi connectivity index (χ2v) is 3.90. The summed E-state index contributed by atoms with van der Waals surface area (Å²) in [4.78, 5) is 11.6. The molecule has 2 rings (SSSR count). The molecule has 0 saturated heterocycles. The fourth-order valence-electron chi connectivity index (χ4n) is 1.75. The van der Waals surface area contributed by atoms with Gasteiger partial charge in [-0.05, 0) is 13.8 Å². The molecule has 0 unspecified atom stereocenters. The average molecular weight is 290 g/mol. The molecule has 9 heteroatoms. The van der Waals surface area contributed by atoms with Crippen molar-refractivity contribution >= 4 is 17.1 Å². The fraction of sp³-hybridized carbons (Fsp3) is 0.364. The summed E-state index contributed by atoms with van der Waals surface area (Å²) in [6, 6.07) is 0.565. The molecule has 0 aromatic carbocycles. The number of hydrogen-bond donors (Lipinski definition) is 0. The summed E-state index contributed by atoms with van der Waals surface area (Å²) in [7, 11) is 0. The third kappa shape index (κ3) is 2.15. The van der Waals surface area contributed by atoms with Gasteiger partial charge in [0.05, 0.1) is 6.61 Å². The zero-order valence-corrected chi connectivity index (χ0v) is 10.4. The maximum atomic E-state index is 12.9. The highest BCUT2D eigenvalue weighted by Crippen LogP contribution is 2.33. The van der Waals surface area contributed by atoms with Crippen LogP contribution in [0.25, 0.3) is 11.1 Å². The molecule has 2 aromatic rings. The van der Waals surface area contributed by atoms with E-state index in [1.165, 1.54) is 13.8 Å². The Morgan fingerprint density at radius 1 is 1.55 bits per heavy atom. The van der Waals surface area contributed by atoms with E-state index < -0.39 is 23.4 Å². The maximum absolute atomic E-state index is 12.9. The minimum absolute atomic E-state index is 0.0780. The molecule has 6 nitrogen and oxygen atoms in total. The molecule has 2 heterocycles. The van der Waals surface area contributed by atoms with E-state index >= 15 is 0 Å². The molecule has 2 aromatic heterocycles. The third-order valence-corrected chi connectivity index (χ3v) is 2.57. The number of pyridine rings is 1. The van der Waals surface area contributed by atoms with Gasteiger partial charge in [-0.15, -0.1) is 0 Å². The van der Waals surface area contributed by atoms with Crippen LogP contribution in [-0.2, 0) is 10.9 Å². The summed E-state index contributed by atoms with van der Waals surface area (Å²) in [5.74, 6) is -1.35. The number of esters is 1. The van der Waals surface area contributed by atoms with Crippen LogP contribution in [0, 0.1) is 12.1 Å². The molecule has 0 aliphatic heterocycles. The van der Waals surface area contributed by atoms with Crippen LogP contribution in [0.3, 0.4) is 0 Å². The van der Waals surface area contributed by atoms with E-state index in [9.17, 15) is 23.2 Å². The topological polar surface area (TPSA) is 79.3 Å². The molecule has 0 radical (unpaired) electrons. The monoisotopic (exact) mass is 290 g/mol. The second kappa shape index (κ2) is 4.66. The Bertz CT molecular complexity index is 678. The summed E-state index contributed by atoms with van der Waals surface area (Å²) in [6.07, 6.45) is -4.90. The van der Waals surface area contributed by atoms with Crippen molar-refractivity contribution in [3.8, 4) is 0 Å². The first-order chi connectivity index (χ1) is 9.27. The number of carbonyl (C=O) groups excluding carboxylic acids is 1. The Morgan fingerprint density at radius 2 is 2.20 bits per heavy atom. The summed E-state index contributed by atoms with van der Waals surface area (Å²) < 4.78 is 47.8. The molecular formula is C11H9F3N2O4. The number of ether oxygens (including phenoxy) is 1. The molecule has 20 heavy (non-hydrogen) atoms. The first kappa shape index (κ1) is 14.1. The van der Waals surface area contributed by atoms with Crippen LogP contribution in [0.5, 0.6) is 0 Å². The molecule has 0 N–H and O–H groups in total. The average Bonchev–Trinajstić information content (AvgIpc) is 2.70. The van der Waals surface area contributed by atoms with Crippen LogP contribution in [0.15, 0.2) is 10.6 Å². The van der Waals surface area contributed by atoms with Gasteiger partial charge in [0, 0.05) is 6.07 Å². The number of aromatic nitrogens is 2. The summed E-state index contributed by atoms with van der Waals surface area (Å²) in [5.41, 5.74) is -3.05. The number of halogens is 3. The minimum Gasteiger partial charge on any atom is -0.618 e. The quantitative estimate of drug-likeness (QED) is 0.480. The lowest BCUT2D eigenvalue weighted by Gasteiger charge is -2.11. The smallest absolute Gasteiger partial charge is 0.423 e. The normalized spacial score (nSPS) is 11.8. The maximum Gasteiger partial charge on any atom is 0.423 e. The molecule has 0 aliphatic carbocycles. The highest BCUT2D eigenvalue weighted by molar-refractivity contribution is 5.89. The van der Waals surface area contributed by atoms with Crippen molar-refractivity contribution in [1.82, 2.24) is 5.16 Å². The molecule has 0 atom stereocenters. The molecule has 0 bridgehead atoms. The summed E-state index contributed by atoms with van der Waals surface area (Å²) in [5, 5.41) is 15.4. The molecule has 0 fully saturated rings. The van der Waals surface area contributed by atoms with Crippen molar-refractivity contribution in [3.63, 3.8) is 0 Å². The van der Waals surface area contributed by atoms with Crippen LogP contribution in [0.1, 0.15) is 28.7 Å². The van der Waals surface area contributed by atoms with Crippen molar-refractivity contribution in [2.24, 2.45) is 0 Å². The Kier molecular flexibility index (Phi) is 3.28. The van der Waals surface area contributed by atoms with E-state index in [1.807, 2.05) is 0 Å². The van der Waals surface area contributed by atoms with E-state index in [4.69, 9.17) is 0 Å². The Morgan fingerprint density at radius 3 is 2.75 bits per heavy atom. The molecule has 0 saturated carbocycles. The van der Waals surface area contributed by atoms with Gasteiger partial charge >= 0.3 is 17.8 Å². The van der Waals surface area contributed by atoms with Crippen molar-refractivity contribution < 1.29 is 32.0 Å². The molecule has 0 aliphatic rings. The predicted octanol–water partition coefficient (Wildman–Crippen LogP) is 1.97. The minimum atomic E-state index is -4.90. The van der Waals surface area contributed by atoms with E-state index in [0.29, 0.717) is 6.07 Å². The van der Waals surface area contributed by atoms with Gasteiger partial charge in [0.25, 0.3) is 5.52 Å². The Labute approximate surface area is 110 Å². The fourth-order valence-corrected chi connectivity index (χ4v) is 1.75. The van der Waals surface area contributed by atoms with Gasteiger partial charge in [-0.25, -0.2) is 4.79 Å². The van der Waals surface area contributed by atoms with E-state index in [2.05, 4.69) is 14.4 Å². The SMILES string of the molecule is CCOC(=O)c1c(C(F)(F)F)cc2onc(C)c2[n+]1[O-]. The molecular weight excluding hydrogens is 281 g/mol. The second-order valence-electron chi connectivity index (χ2n) is 3.90. The first-order valence-corrected chi connectivity index (χ1v) is 5.54. The van der Waals surface area contributed by atoms with Crippen molar-refractivity contribution in [3.05, 3.63) is 28.2 Å². The van der Waals surface area contributed by atoms with Gasteiger partial charge in [0.2, 0.25) is 5.58 Å². The van der Waals surface area contributed by atoms with Gasteiger partial charge in [-0.2, -0.15) is 17.9 Å². The lowest BCUT2D eigenvalue weighted by atomic mass is 10.1. The van der Waals surface area contributed by atoms with E-state index in [0.717, 1.165) is 0 Å². The van der Waals surface area contributed by atoms with Crippen LogP contribution in [0.2, 0.25) is 0 Å². The molecule has 0 amide bonds. The van der Waals surface area contributed by atoms with Crippen LogP contribution in [0.4, 0.5) is 13.2 Å². The van der Waals surface area contributed by atoms with Crippen molar-refractivity contribution in [2.75, 3.05) is 6.61 Å². The van der Waals surface area contributed by atoms with Gasteiger partial charge in [-0.3, -0.25) is 0 Å². The number of aryl methyl sites for hydroxylation is 1. The number of carbonyl (C=O) groups is 1. The van der Waals surface area contributed by atoms with Crippen LogP contribution >= 0.6 is 0 Å². The largest absolute Gasteiger partial charge is 0.618 e. The number of nitrogens with zero attached hydrogens (tertiary/aromatic N) is 2. The van der Waals surface area contributed by atoms with Gasteiger partial charge in [0.15, 0.2) is 5.69 Å². The lowest BCUT2D eigenvalue weighted by molar-refractivity contribution is -0.582. The van der Waals surface area contributed by atoms with E-state index in [1.54, 1.807) is 0 Å². The Balaban J connectivity index is 2.82. The number of hydrogen-bond acceptors (Lipinski definition) is 5. The molecule has 108 valence electrons. The molecule has 0 spiro atoms. The zero-order valence-electron chi connectivity index (χ0n) is 10.4. The van der Waals surface area contributed by atoms with Gasteiger partial charge in [0.1, 0.15) is 5.56 Å². The zero-order chi connectivity index (χ0) is 15.1. The standard InChI is InChI=1S/C11H9F3N2O4/c1-3-19-10(17)9-6(11(12,13)14)4-7-8(16(9)18)5(2)15-20-7/h4H,3H2,1-2H3. The summed E-state index contributed by atoms with van der Waals surface area (Å²) >= 11 is 0. The highest BCUT2D eigenvalue weighted by Gasteiger charge is 2.43. The predicted molar refractivity (Wildman–Crippen MR) is 58.7 cm³/mol. The van der Waals surface area contributed by atoms with Crippen molar-refractivity contribution in [2.45, 2.75) is 20.0 Å². The highest BCUT2D eigenvalue weighted by atomic mass is 19.4.